The first-order valence-corrected chi connectivity index (χ1v) is 8.03. The van der Waals surface area contributed by atoms with Crippen LogP contribution in [-0.2, 0) is 14.6 Å². The lowest BCUT2D eigenvalue weighted by Crippen LogP contribution is -2.47. The van der Waals surface area contributed by atoms with Crippen LogP contribution in [0.2, 0.25) is 0 Å². The van der Waals surface area contributed by atoms with E-state index in [0.29, 0.717) is 19.4 Å². The van der Waals surface area contributed by atoms with Crippen LogP contribution in [-0.4, -0.2) is 55.9 Å². The summed E-state index contributed by atoms with van der Waals surface area (Å²) in [4.78, 5) is 13.9. The molecule has 2 heterocycles. The summed E-state index contributed by atoms with van der Waals surface area (Å²) in [6, 6.07) is 0.0983. The summed E-state index contributed by atoms with van der Waals surface area (Å²) < 4.78 is 22.9. The number of rotatable bonds is 1. The summed E-state index contributed by atoms with van der Waals surface area (Å²) in [5.41, 5.74) is 0. The molecule has 0 aromatic heterocycles. The fourth-order valence-corrected chi connectivity index (χ4v) is 4.31. The Bertz CT molecular complexity index is 394. The van der Waals surface area contributed by atoms with E-state index in [-0.39, 0.29) is 29.5 Å². The van der Waals surface area contributed by atoms with Crippen molar-refractivity contribution in [2.24, 2.45) is 0 Å². The van der Waals surface area contributed by atoms with E-state index in [1.807, 2.05) is 6.92 Å². The smallest absolute Gasteiger partial charge is 0.224 e. The molecule has 0 bridgehead atoms. The second-order valence-corrected chi connectivity index (χ2v) is 7.29. The molecule has 2 atom stereocenters. The van der Waals surface area contributed by atoms with Crippen LogP contribution in [0.4, 0.5) is 0 Å². The quantitative estimate of drug-likeness (QED) is 0.707. The highest BCUT2D eigenvalue weighted by Crippen LogP contribution is 2.20. The van der Waals surface area contributed by atoms with E-state index in [9.17, 15) is 13.2 Å². The van der Waals surface area contributed by atoms with Crippen molar-refractivity contribution < 1.29 is 13.2 Å². The lowest BCUT2D eigenvalue weighted by atomic mass is 10.1. The van der Waals surface area contributed by atoms with Crippen molar-refractivity contribution in [1.82, 2.24) is 10.2 Å². The second kappa shape index (κ2) is 4.94. The minimum atomic E-state index is -2.91. The standard InChI is InChI=1S/C11H20N2O3S/c1-9-7-11(14)13(5-2-4-12-9)10-3-6-17(15,16)8-10/h9-10,12H,2-8H2,1H3. The van der Waals surface area contributed by atoms with Gasteiger partial charge in [-0.25, -0.2) is 8.42 Å². The third kappa shape index (κ3) is 3.19. The van der Waals surface area contributed by atoms with Crippen LogP contribution in [0, 0.1) is 0 Å². The fraction of sp³-hybridized carbons (Fsp3) is 0.909. The lowest BCUT2D eigenvalue weighted by Gasteiger charge is -2.31. The molecule has 2 unspecified atom stereocenters. The minimum absolute atomic E-state index is 0.0854. The first-order chi connectivity index (χ1) is 7.98. The highest BCUT2D eigenvalue weighted by molar-refractivity contribution is 7.91. The summed E-state index contributed by atoms with van der Waals surface area (Å²) in [5.74, 6) is 0.474. The predicted octanol–water partition coefficient (Wildman–Crippen LogP) is -0.226. The molecule has 0 aliphatic carbocycles. The molecule has 98 valence electrons. The maximum absolute atomic E-state index is 12.1. The maximum Gasteiger partial charge on any atom is 0.224 e. The number of sulfone groups is 1. The molecule has 2 aliphatic heterocycles. The number of carbonyl (C=O) groups excluding carboxylic acids is 1. The third-order valence-electron chi connectivity index (χ3n) is 3.52. The number of hydrogen-bond donors (Lipinski definition) is 1. The molecule has 2 fully saturated rings. The fourth-order valence-electron chi connectivity index (χ4n) is 2.58. The maximum atomic E-state index is 12.1. The highest BCUT2D eigenvalue weighted by Gasteiger charge is 2.35. The zero-order chi connectivity index (χ0) is 12.5. The van der Waals surface area contributed by atoms with Crippen molar-refractivity contribution >= 4 is 15.7 Å². The molecule has 5 nitrogen and oxygen atoms in total. The van der Waals surface area contributed by atoms with Gasteiger partial charge in [-0.15, -0.1) is 0 Å². The molecule has 0 radical (unpaired) electrons. The summed E-state index contributed by atoms with van der Waals surface area (Å²) >= 11 is 0. The minimum Gasteiger partial charge on any atom is -0.339 e. The monoisotopic (exact) mass is 260 g/mol. The normalized spacial score (nSPS) is 34.4. The Labute approximate surface area is 102 Å². The first-order valence-electron chi connectivity index (χ1n) is 6.21. The van der Waals surface area contributed by atoms with Crippen molar-refractivity contribution in [3.63, 3.8) is 0 Å². The zero-order valence-electron chi connectivity index (χ0n) is 10.2. The van der Waals surface area contributed by atoms with Gasteiger partial charge >= 0.3 is 0 Å². The summed E-state index contributed by atoms with van der Waals surface area (Å²) in [7, 11) is -2.91. The molecule has 6 heteroatoms. The number of nitrogens with one attached hydrogen (secondary N) is 1. The molecule has 2 aliphatic rings. The van der Waals surface area contributed by atoms with Gasteiger partial charge in [0.05, 0.1) is 11.5 Å². The van der Waals surface area contributed by atoms with Gasteiger partial charge in [-0.3, -0.25) is 4.79 Å². The topological polar surface area (TPSA) is 66.5 Å². The Morgan fingerprint density at radius 1 is 1.41 bits per heavy atom. The van der Waals surface area contributed by atoms with Crippen LogP contribution in [0.1, 0.15) is 26.2 Å². The van der Waals surface area contributed by atoms with Crippen LogP contribution < -0.4 is 5.32 Å². The Kier molecular flexibility index (Phi) is 3.73. The van der Waals surface area contributed by atoms with Gasteiger partial charge in [0.25, 0.3) is 0 Å². The Morgan fingerprint density at radius 2 is 2.18 bits per heavy atom. The number of carbonyl (C=O) groups is 1. The third-order valence-corrected chi connectivity index (χ3v) is 5.27. The molecule has 0 spiro atoms. The molecule has 1 amide bonds. The number of nitrogens with zero attached hydrogens (tertiary/aromatic N) is 1. The summed E-state index contributed by atoms with van der Waals surface area (Å²) in [5, 5.41) is 3.28. The molecular weight excluding hydrogens is 240 g/mol. The van der Waals surface area contributed by atoms with Crippen LogP contribution in [0.25, 0.3) is 0 Å². The van der Waals surface area contributed by atoms with Crippen molar-refractivity contribution in [1.29, 1.82) is 0 Å². The highest BCUT2D eigenvalue weighted by atomic mass is 32.2. The first kappa shape index (κ1) is 12.8. The van der Waals surface area contributed by atoms with E-state index in [2.05, 4.69) is 5.32 Å². The average Bonchev–Trinajstić information content (AvgIpc) is 2.55. The lowest BCUT2D eigenvalue weighted by molar-refractivity contribution is -0.134. The van der Waals surface area contributed by atoms with E-state index >= 15 is 0 Å². The number of hydrogen-bond acceptors (Lipinski definition) is 4. The van der Waals surface area contributed by atoms with Crippen molar-refractivity contribution in [3.8, 4) is 0 Å². The van der Waals surface area contributed by atoms with Crippen LogP contribution in [0.5, 0.6) is 0 Å². The molecule has 0 aromatic rings. The van der Waals surface area contributed by atoms with Crippen molar-refractivity contribution in [3.05, 3.63) is 0 Å². The number of amides is 1. The SMILES string of the molecule is CC1CC(=O)N(C2CCS(=O)(=O)C2)CCCN1. The van der Waals surface area contributed by atoms with E-state index in [1.165, 1.54) is 0 Å². The van der Waals surface area contributed by atoms with Crippen molar-refractivity contribution in [2.45, 2.75) is 38.3 Å². The van der Waals surface area contributed by atoms with Gasteiger partial charge in [-0.1, -0.05) is 0 Å². The molecular formula is C11H20N2O3S. The Balaban J connectivity index is 2.05. The molecule has 2 rings (SSSR count). The molecule has 0 aromatic carbocycles. The largest absolute Gasteiger partial charge is 0.339 e. The van der Waals surface area contributed by atoms with Crippen LogP contribution in [0.3, 0.4) is 0 Å². The Hall–Kier alpha value is -0.620. The van der Waals surface area contributed by atoms with Gasteiger partial charge < -0.3 is 10.2 Å². The molecule has 17 heavy (non-hydrogen) atoms. The predicted molar refractivity (Wildman–Crippen MR) is 65.5 cm³/mol. The van der Waals surface area contributed by atoms with Crippen molar-refractivity contribution in [2.75, 3.05) is 24.6 Å². The summed E-state index contributed by atoms with van der Waals surface area (Å²) in [6.07, 6.45) is 1.97. The van der Waals surface area contributed by atoms with Gasteiger partial charge in [0.15, 0.2) is 9.84 Å². The van der Waals surface area contributed by atoms with E-state index in [0.717, 1.165) is 13.0 Å². The second-order valence-electron chi connectivity index (χ2n) is 5.06. The van der Waals surface area contributed by atoms with Gasteiger partial charge in [0.2, 0.25) is 5.91 Å². The molecule has 2 saturated heterocycles. The van der Waals surface area contributed by atoms with Gasteiger partial charge in [-0.2, -0.15) is 0 Å². The molecule has 1 N–H and O–H groups in total. The Morgan fingerprint density at radius 3 is 2.82 bits per heavy atom. The summed E-state index contributed by atoms with van der Waals surface area (Å²) in [6.45, 7) is 3.57. The van der Waals surface area contributed by atoms with E-state index in [4.69, 9.17) is 0 Å². The average molecular weight is 260 g/mol. The zero-order valence-corrected chi connectivity index (χ0v) is 11.0. The van der Waals surface area contributed by atoms with Gasteiger partial charge in [0.1, 0.15) is 0 Å². The molecule has 0 saturated carbocycles. The van der Waals surface area contributed by atoms with Crippen LogP contribution in [0.15, 0.2) is 0 Å². The van der Waals surface area contributed by atoms with Crippen LogP contribution >= 0.6 is 0 Å². The van der Waals surface area contributed by atoms with E-state index < -0.39 is 9.84 Å². The van der Waals surface area contributed by atoms with Gasteiger partial charge in [-0.05, 0) is 26.3 Å². The van der Waals surface area contributed by atoms with E-state index in [1.54, 1.807) is 4.90 Å². The van der Waals surface area contributed by atoms with Gasteiger partial charge in [0, 0.05) is 25.0 Å².